The molecule has 0 aromatic heterocycles. The minimum Gasteiger partial charge on any atom is -0.481 e. The minimum absolute atomic E-state index is 0.0833. The van der Waals surface area contributed by atoms with Crippen LogP contribution in [0.3, 0.4) is 0 Å². The molecule has 1 aromatic carbocycles. The second kappa shape index (κ2) is 6.36. The van der Waals surface area contributed by atoms with E-state index in [2.05, 4.69) is 0 Å². The number of aliphatic carboxylic acids is 1. The van der Waals surface area contributed by atoms with E-state index in [1.165, 1.54) is 16.7 Å². The number of thioether (sulfide) groups is 1. The van der Waals surface area contributed by atoms with E-state index in [9.17, 15) is 14.4 Å². The highest BCUT2D eigenvalue weighted by Gasteiger charge is 2.40. The number of benzene rings is 1. The molecule has 0 fully saturated rings. The predicted molar refractivity (Wildman–Crippen MR) is 84.9 cm³/mol. The van der Waals surface area contributed by atoms with Gasteiger partial charge in [-0.2, -0.15) is 0 Å². The molecule has 22 heavy (non-hydrogen) atoms. The second-order valence-electron chi connectivity index (χ2n) is 5.16. The van der Waals surface area contributed by atoms with E-state index >= 15 is 0 Å². The number of carbonyl (C=O) groups excluding carboxylic acids is 2. The first-order valence-electron chi connectivity index (χ1n) is 6.73. The topological polar surface area (TPSA) is 74.7 Å². The van der Waals surface area contributed by atoms with E-state index in [4.69, 9.17) is 5.11 Å². The van der Waals surface area contributed by atoms with Crippen LogP contribution < -0.4 is 0 Å². The Balaban J connectivity index is 2.51. The zero-order valence-electron chi connectivity index (χ0n) is 12.6. The number of rotatable bonds is 5. The van der Waals surface area contributed by atoms with Crippen LogP contribution in [-0.4, -0.2) is 46.3 Å². The van der Waals surface area contributed by atoms with Crippen molar-refractivity contribution in [2.75, 3.05) is 13.3 Å². The molecule has 1 aliphatic heterocycles. The molecule has 1 N–H and O–H groups in total. The summed E-state index contributed by atoms with van der Waals surface area (Å²) in [5.74, 6) is -1.79. The van der Waals surface area contributed by atoms with Gasteiger partial charge in [0.2, 0.25) is 0 Å². The fourth-order valence-corrected chi connectivity index (χ4v) is 3.38. The van der Waals surface area contributed by atoms with Crippen LogP contribution in [0.25, 0.3) is 0 Å². The van der Waals surface area contributed by atoms with Crippen LogP contribution in [0.15, 0.2) is 35.4 Å². The van der Waals surface area contributed by atoms with Gasteiger partial charge in [-0.1, -0.05) is 29.8 Å². The van der Waals surface area contributed by atoms with E-state index in [1.807, 2.05) is 19.1 Å². The molecule has 5 nitrogen and oxygen atoms in total. The van der Waals surface area contributed by atoms with Crippen molar-refractivity contribution in [2.45, 2.75) is 18.7 Å². The quantitative estimate of drug-likeness (QED) is 0.841. The van der Waals surface area contributed by atoms with Gasteiger partial charge >= 0.3 is 5.97 Å². The molecule has 0 unspecified atom stereocenters. The van der Waals surface area contributed by atoms with Crippen molar-refractivity contribution in [3.63, 3.8) is 0 Å². The highest BCUT2D eigenvalue weighted by molar-refractivity contribution is 7.99. The zero-order chi connectivity index (χ0) is 16.4. The first-order chi connectivity index (χ1) is 10.4. The van der Waals surface area contributed by atoms with E-state index in [1.54, 1.807) is 25.4 Å². The maximum absolute atomic E-state index is 12.8. The van der Waals surface area contributed by atoms with Crippen LogP contribution in [-0.2, 0) is 9.59 Å². The molecule has 0 saturated carbocycles. The summed E-state index contributed by atoms with van der Waals surface area (Å²) in [5.41, 5.74) is 1.86. The monoisotopic (exact) mass is 319 g/mol. The summed E-state index contributed by atoms with van der Waals surface area (Å²) in [6, 6.07) is 7.03. The van der Waals surface area contributed by atoms with Gasteiger partial charge in [0.15, 0.2) is 5.78 Å². The van der Waals surface area contributed by atoms with Crippen LogP contribution >= 0.6 is 11.8 Å². The molecule has 1 aliphatic rings. The highest BCUT2D eigenvalue weighted by atomic mass is 32.2. The fraction of sp³-hybridized carbons (Fsp3) is 0.312. The summed E-state index contributed by atoms with van der Waals surface area (Å²) >= 11 is 1.34. The number of likely N-dealkylation sites (N-methyl/N-ethyl adjacent to an activating group) is 1. The first kappa shape index (κ1) is 16.3. The Labute approximate surface area is 133 Å². The van der Waals surface area contributed by atoms with Crippen molar-refractivity contribution < 1.29 is 19.5 Å². The standard InChI is InChI=1S/C16H17NO4S/c1-9-4-6-10(7-5-9)14(20)13-11(8-12(18)19)15(21)17(2)16(13)22-3/h4-7,16H,8H2,1-3H3,(H,18,19)/t16-/m0/s1. The van der Waals surface area contributed by atoms with Gasteiger partial charge in [-0.3, -0.25) is 14.4 Å². The Bertz CT molecular complexity index is 663. The number of ketones is 1. The summed E-state index contributed by atoms with van der Waals surface area (Å²) in [6.07, 6.45) is 1.35. The lowest BCUT2D eigenvalue weighted by atomic mass is 9.98. The number of aryl methyl sites for hydroxylation is 1. The third-order valence-corrected chi connectivity index (χ3v) is 4.61. The molecule has 0 bridgehead atoms. The zero-order valence-corrected chi connectivity index (χ0v) is 13.4. The van der Waals surface area contributed by atoms with Crippen molar-refractivity contribution in [1.29, 1.82) is 0 Å². The number of hydrogen-bond donors (Lipinski definition) is 1. The van der Waals surface area contributed by atoms with Crippen molar-refractivity contribution >= 4 is 29.4 Å². The Morgan fingerprint density at radius 2 is 1.86 bits per heavy atom. The van der Waals surface area contributed by atoms with E-state index in [-0.39, 0.29) is 16.9 Å². The maximum Gasteiger partial charge on any atom is 0.308 e. The Hall–Kier alpha value is -2.08. The van der Waals surface area contributed by atoms with Gasteiger partial charge in [0.1, 0.15) is 5.37 Å². The third-order valence-electron chi connectivity index (χ3n) is 3.61. The second-order valence-corrected chi connectivity index (χ2v) is 6.08. The summed E-state index contributed by atoms with van der Waals surface area (Å²) in [7, 11) is 1.58. The Kier molecular flexibility index (Phi) is 4.71. The molecular weight excluding hydrogens is 302 g/mol. The summed E-state index contributed by atoms with van der Waals surface area (Å²) < 4.78 is 0. The van der Waals surface area contributed by atoms with Crippen LogP contribution in [0, 0.1) is 6.92 Å². The van der Waals surface area contributed by atoms with Crippen LogP contribution in [0.4, 0.5) is 0 Å². The van der Waals surface area contributed by atoms with Gasteiger partial charge in [-0.15, -0.1) is 11.8 Å². The lowest BCUT2D eigenvalue weighted by Gasteiger charge is -2.20. The maximum atomic E-state index is 12.8. The molecule has 1 aromatic rings. The number of carboxylic acids is 1. The summed E-state index contributed by atoms with van der Waals surface area (Å²) in [6.45, 7) is 1.92. The first-order valence-corrected chi connectivity index (χ1v) is 8.01. The molecule has 1 atom stereocenters. The average Bonchev–Trinajstić information content (AvgIpc) is 2.71. The summed E-state index contributed by atoms with van der Waals surface area (Å²) in [4.78, 5) is 37.5. The van der Waals surface area contributed by atoms with Crippen molar-refractivity contribution in [2.24, 2.45) is 0 Å². The Morgan fingerprint density at radius 3 is 2.36 bits per heavy atom. The van der Waals surface area contributed by atoms with E-state index < -0.39 is 23.7 Å². The number of carbonyl (C=O) groups is 3. The van der Waals surface area contributed by atoms with Gasteiger partial charge in [0, 0.05) is 23.8 Å². The van der Waals surface area contributed by atoms with E-state index in [0.29, 0.717) is 5.56 Å². The third kappa shape index (κ3) is 2.92. The van der Waals surface area contributed by atoms with Crippen molar-refractivity contribution in [1.82, 2.24) is 4.90 Å². The van der Waals surface area contributed by atoms with Crippen LogP contribution in [0.2, 0.25) is 0 Å². The molecule has 0 spiro atoms. The molecule has 116 valence electrons. The number of nitrogens with zero attached hydrogens (tertiary/aromatic N) is 1. The summed E-state index contributed by atoms with van der Waals surface area (Å²) in [5, 5.41) is 8.57. The smallest absolute Gasteiger partial charge is 0.308 e. The van der Waals surface area contributed by atoms with Crippen LogP contribution in [0.5, 0.6) is 0 Å². The Morgan fingerprint density at radius 1 is 1.27 bits per heavy atom. The molecule has 0 saturated heterocycles. The largest absolute Gasteiger partial charge is 0.481 e. The molecule has 0 radical (unpaired) electrons. The molecule has 2 rings (SSSR count). The van der Waals surface area contributed by atoms with Gasteiger partial charge < -0.3 is 10.0 Å². The van der Waals surface area contributed by atoms with Crippen molar-refractivity contribution in [3.05, 3.63) is 46.5 Å². The van der Waals surface area contributed by atoms with Gasteiger partial charge in [-0.05, 0) is 13.2 Å². The lowest BCUT2D eigenvalue weighted by Crippen LogP contribution is -2.30. The van der Waals surface area contributed by atoms with Crippen molar-refractivity contribution in [3.8, 4) is 0 Å². The number of amides is 1. The van der Waals surface area contributed by atoms with E-state index in [0.717, 1.165) is 5.56 Å². The van der Waals surface area contributed by atoms with Gasteiger partial charge in [0.05, 0.1) is 6.42 Å². The minimum atomic E-state index is -1.12. The molecule has 1 heterocycles. The van der Waals surface area contributed by atoms with Gasteiger partial charge in [0.25, 0.3) is 5.91 Å². The average molecular weight is 319 g/mol. The van der Waals surface area contributed by atoms with Gasteiger partial charge in [-0.25, -0.2) is 0 Å². The molecule has 1 amide bonds. The molecule has 6 heteroatoms. The predicted octanol–water partition coefficient (Wildman–Crippen LogP) is 2.11. The normalized spacial score (nSPS) is 18.0. The molecule has 0 aliphatic carbocycles. The number of Topliss-reactive ketones (excluding diaryl/α,β-unsaturated/α-hetero) is 1. The lowest BCUT2D eigenvalue weighted by molar-refractivity contribution is -0.137. The van der Waals surface area contributed by atoms with Crippen LogP contribution in [0.1, 0.15) is 22.3 Å². The highest BCUT2D eigenvalue weighted by Crippen LogP contribution is 2.34. The SMILES string of the molecule is CS[C@H]1C(C(=O)c2ccc(C)cc2)=C(CC(=O)O)C(=O)N1C. The fourth-order valence-electron chi connectivity index (χ4n) is 2.48. The molecular formula is C16H17NO4S. The number of carboxylic acid groups (broad SMARTS) is 1. The number of hydrogen-bond acceptors (Lipinski definition) is 4.